The normalized spacial score (nSPS) is 15.1. The smallest absolute Gasteiger partial charge is 0.268 e. The molecule has 0 bridgehead atoms. The third-order valence-electron chi connectivity index (χ3n) is 4.61. The summed E-state index contributed by atoms with van der Waals surface area (Å²) in [6, 6.07) is 17.3. The van der Waals surface area contributed by atoms with Crippen molar-refractivity contribution in [3.8, 4) is 0 Å². The van der Waals surface area contributed by atoms with Crippen LogP contribution in [-0.2, 0) is 17.8 Å². The monoisotopic (exact) mass is 501 g/mol. The molecule has 1 aliphatic heterocycles. The summed E-state index contributed by atoms with van der Waals surface area (Å²) in [4.78, 5) is 31.1. The van der Waals surface area contributed by atoms with Crippen LogP contribution in [0.1, 0.15) is 18.2 Å². The van der Waals surface area contributed by atoms with Crippen LogP contribution in [0.25, 0.3) is 0 Å². The van der Waals surface area contributed by atoms with Crippen LogP contribution in [0, 0.1) is 0 Å². The van der Waals surface area contributed by atoms with Gasteiger partial charge in [-0.1, -0.05) is 64.9 Å². The lowest BCUT2D eigenvalue weighted by Crippen LogP contribution is -2.26. The van der Waals surface area contributed by atoms with Crippen LogP contribution in [0.4, 0.5) is 5.69 Å². The van der Waals surface area contributed by atoms with E-state index in [1.165, 1.54) is 11.8 Å². The molecule has 0 aliphatic carbocycles. The number of carbonyl (C=O) groups excluding carboxylic acids is 1. The number of thioether (sulfide) groups is 2. The molecule has 3 aromatic rings. The average Bonchev–Trinajstić information content (AvgIpc) is 3.12. The average molecular weight is 502 g/mol. The maximum atomic E-state index is 13.2. The van der Waals surface area contributed by atoms with Crippen LogP contribution in [0.15, 0.2) is 73.9 Å². The number of rotatable bonds is 6. The van der Waals surface area contributed by atoms with Gasteiger partial charge in [-0.25, -0.2) is 4.98 Å². The molecule has 0 radical (unpaired) electrons. The van der Waals surface area contributed by atoms with Crippen molar-refractivity contribution in [2.24, 2.45) is 0 Å². The van der Waals surface area contributed by atoms with Gasteiger partial charge in [-0.05, 0) is 29.8 Å². The second-order valence-corrected chi connectivity index (χ2v) is 10.3. The summed E-state index contributed by atoms with van der Waals surface area (Å²) < 4.78 is 2.64. The van der Waals surface area contributed by atoms with Crippen molar-refractivity contribution in [1.29, 1.82) is 0 Å². The Morgan fingerprint density at radius 1 is 1.23 bits per heavy atom. The minimum atomic E-state index is -0.133. The first kappa shape index (κ1) is 21.2. The molecule has 4 rings (SSSR count). The quantitative estimate of drug-likeness (QED) is 0.387. The van der Waals surface area contributed by atoms with Crippen LogP contribution in [0.3, 0.4) is 0 Å². The number of amides is 1. The Labute approximate surface area is 191 Å². The van der Waals surface area contributed by atoms with Crippen LogP contribution in [0.5, 0.6) is 0 Å². The lowest BCUT2D eigenvalue weighted by atomic mass is 10.2. The van der Waals surface area contributed by atoms with Gasteiger partial charge in [0.15, 0.2) is 5.16 Å². The minimum absolute atomic E-state index is 0.0194. The van der Waals surface area contributed by atoms with E-state index < -0.39 is 0 Å². The van der Waals surface area contributed by atoms with E-state index in [9.17, 15) is 9.59 Å². The fourth-order valence-corrected chi connectivity index (χ4v) is 5.40. The molecule has 5 nitrogen and oxygen atoms in total. The van der Waals surface area contributed by atoms with E-state index in [1.54, 1.807) is 16.3 Å². The number of benzene rings is 2. The van der Waals surface area contributed by atoms with E-state index in [-0.39, 0.29) is 17.2 Å². The van der Waals surface area contributed by atoms with Crippen LogP contribution in [-0.4, -0.2) is 26.5 Å². The van der Waals surface area contributed by atoms with Crippen molar-refractivity contribution >= 4 is 51.0 Å². The topological polar surface area (TPSA) is 64.0 Å². The van der Waals surface area contributed by atoms with Gasteiger partial charge >= 0.3 is 0 Å². The van der Waals surface area contributed by atoms with Gasteiger partial charge in [0.05, 0.1) is 22.9 Å². The number of hydrogen-bond donors (Lipinski definition) is 1. The zero-order valence-corrected chi connectivity index (χ0v) is 19.5. The number of carbonyl (C=O) groups is 1. The molecule has 8 heteroatoms. The van der Waals surface area contributed by atoms with Crippen molar-refractivity contribution in [2.75, 3.05) is 11.1 Å². The Bertz CT molecular complexity index is 1120. The molecule has 154 valence electrons. The van der Waals surface area contributed by atoms with E-state index in [0.717, 1.165) is 32.7 Å². The SMILES string of the molecule is CC1Cc2nc(SCC(=O)Nc3ccc(Br)cc3)n(Cc3ccccc3)c(=O)c2S1. The Hall–Kier alpha value is -2.03. The molecule has 30 heavy (non-hydrogen) atoms. The Morgan fingerprint density at radius 2 is 1.97 bits per heavy atom. The van der Waals surface area contributed by atoms with Gasteiger partial charge in [-0.15, -0.1) is 11.8 Å². The first-order chi connectivity index (χ1) is 14.5. The zero-order chi connectivity index (χ0) is 21.1. The van der Waals surface area contributed by atoms with Crippen LogP contribution >= 0.6 is 39.5 Å². The first-order valence-electron chi connectivity index (χ1n) is 9.52. The summed E-state index contributed by atoms with van der Waals surface area (Å²) in [5.41, 5.74) is 2.59. The zero-order valence-electron chi connectivity index (χ0n) is 16.3. The molecule has 0 spiro atoms. The molecule has 2 aromatic carbocycles. The van der Waals surface area contributed by atoms with Crippen molar-refractivity contribution in [3.63, 3.8) is 0 Å². The highest BCUT2D eigenvalue weighted by atomic mass is 79.9. The maximum Gasteiger partial charge on any atom is 0.268 e. The van der Waals surface area contributed by atoms with Crippen molar-refractivity contribution in [2.45, 2.75) is 35.2 Å². The highest BCUT2D eigenvalue weighted by molar-refractivity contribution is 9.10. The molecule has 1 aromatic heterocycles. The van der Waals surface area contributed by atoms with Crippen molar-refractivity contribution < 1.29 is 4.79 Å². The van der Waals surface area contributed by atoms with E-state index in [0.29, 0.717) is 17.0 Å². The van der Waals surface area contributed by atoms with Gasteiger partial charge in [0.2, 0.25) is 5.91 Å². The largest absolute Gasteiger partial charge is 0.325 e. The number of halogens is 1. The lowest BCUT2D eigenvalue weighted by molar-refractivity contribution is -0.113. The summed E-state index contributed by atoms with van der Waals surface area (Å²) in [7, 11) is 0. The summed E-state index contributed by atoms with van der Waals surface area (Å²) in [5, 5.41) is 3.81. The minimum Gasteiger partial charge on any atom is -0.325 e. The van der Waals surface area contributed by atoms with Gasteiger partial charge in [0.1, 0.15) is 0 Å². The van der Waals surface area contributed by atoms with Gasteiger partial charge in [-0.2, -0.15) is 0 Å². The van der Waals surface area contributed by atoms with E-state index in [4.69, 9.17) is 4.98 Å². The predicted molar refractivity (Wildman–Crippen MR) is 127 cm³/mol. The molecule has 1 atom stereocenters. The highest BCUT2D eigenvalue weighted by Gasteiger charge is 2.26. The van der Waals surface area contributed by atoms with Crippen molar-refractivity contribution in [3.05, 3.63) is 80.7 Å². The number of fused-ring (bicyclic) bond motifs is 1. The highest BCUT2D eigenvalue weighted by Crippen LogP contribution is 2.34. The molecule has 1 aliphatic rings. The summed E-state index contributed by atoms with van der Waals surface area (Å²) >= 11 is 6.27. The second kappa shape index (κ2) is 9.41. The molecular formula is C22H20BrN3O2S2. The third-order valence-corrected chi connectivity index (χ3v) is 7.33. The van der Waals surface area contributed by atoms with E-state index in [1.807, 2.05) is 54.6 Å². The standard InChI is InChI=1S/C22H20BrN3O2S2/c1-14-11-18-20(30-14)21(28)26(12-15-5-3-2-4-6-15)22(25-18)29-13-19(27)24-17-9-7-16(23)8-10-17/h2-10,14H,11-13H2,1H3,(H,24,27). The van der Waals surface area contributed by atoms with Crippen LogP contribution in [0.2, 0.25) is 0 Å². The molecule has 0 saturated carbocycles. The molecule has 1 N–H and O–H groups in total. The summed E-state index contributed by atoms with van der Waals surface area (Å²) in [6.07, 6.45) is 0.778. The van der Waals surface area contributed by atoms with Gasteiger partial charge in [-0.3, -0.25) is 14.2 Å². The van der Waals surface area contributed by atoms with Gasteiger partial charge in [0, 0.05) is 21.8 Å². The van der Waals surface area contributed by atoms with Gasteiger partial charge in [0.25, 0.3) is 5.56 Å². The fraction of sp³-hybridized carbons (Fsp3) is 0.227. The van der Waals surface area contributed by atoms with E-state index in [2.05, 4.69) is 28.2 Å². The lowest BCUT2D eigenvalue weighted by Gasteiger charge is -2.14. The summed E-state index contributed by atoms with van der Waals surface area (Å²) in [5.74, 6) is 0.0461. The Balaban J connectivity index is 1.56. The fourth-order valence-electron chi connectivity index (χ4n) is 3.21. The Morgan fingerprint density at radius 3 is 2.70 bits per heavy atom. The Kier molecular flexibility index (Phi) is 6.65. The van der Waals surface area contributed by atoms with Crippen molar-refractivity contribution in [1.82, 2.24) is 9.55 Å². The third kappa shape index (κ3) is 4.99. The number of hydrogen-bond acceptors (Lipinski definition) is 5. The predicted octanol–water partition coefficient (Wildman–Crippen LogP) is 4.82. The number of nitrogens with one attached hydrogen (secondary N) is 1. The molecule has 2 heterocycles. The van der Waals surface area contributed by atoms with E-state index >= 15 is 0 Å². The molecule has 1 amide bonds. The molecule has 1 unspecified atom stereocenters. The number of aromatic nitrogens is 2. The first-order valence-corrected chi connectivity index (χ1v) is 12.2. The molecular weight excluding hydrogens is 482 g/mol. The number of anilines is 1. The summed E-state index contributed by atoms with van der Waals surface area (Å²) in [6.45, 7) is 2.54. The number of nitrogens with zero attached hydrogens (tertiary/aromatic N) is 2. The molecule has 0 saturated heterocycles. The van der Waals surface area contributed by atoms with Crippen LogP contribution < -0.4 is 10.9 Å². The van der Waals surface area contributed by atoms with Gasteiger partial charge < -0.3 is 5.32 Å². The second-order valence-electron chi connectivity index (χ2n) is 7.02. The molecule has 0 fully saturated rings. The maximum absolute atomic E-state index is 13.2.